The fraction of sp³-hybridized carbons (Fsp3) is 0.111. The Kier molecular flexibility index (Phi) is 4.72. The predicted molar refractivity (Wildman–Crippen MR) is 92.8 cm³/mol. The first kappa shape index (κ1) is 17.0. The molecule has 0 unspecified atom stereocenters. The summed E-state index contributed by atoms with van der Waals surface area (Å²) in [4.78, 5) is 23.4. The molecule has 1 aromatic heterocycles. The van der Waals surface area contributed by atoms with Crippen LogP contribution in [-0.2, 0) is 4.79 Å². The molecule has 1 amide bonds. The molecule has 0 fully saturated rings. The molecule has 0 bridgehead atoms. The van der Waals surface area contributed by atoms with Crippen molar-refractivity contribution in [1.82, 2.24) is 0 Å². The molecular weight excluding hydrogens is 349 g/mol. The van der Waals surface area contributed by atoms with Crippen LogP contribution in [0.25, 0.3) is 11.0 Å². The molecule has 0 spiro atoms. The SMILES string of the molecule is Cc1cc(=O)oc2cc(OCC(=O)Nc3ccccc3F)c(Cl)cc12. The average molecular weight is 362 g/mol. The highest BCUT2D eigenvalue weighted by molar-refractivity contribution is 6.32. The van der Waals surface area contributed by atoms with Crippen LogP contribution in [0.5, 0.6) is 5.75 Å². The van der Waals surface area contributed by atoms with E-state index >= 15 is 0 Å². The summed E-state index contributed by atoms with van der Waals surface area (Å²) in [6.45, 7) is 1.38. The maximum atomic E-state index is 13.5. The Morgan fingerprint density at radius 1 is 1.28 bits per heavy atom. The summed E-state index contributed by atoms with van der Waals surface area (Å²) >= 11 is 6.15. The second-order valence-corrected chi connectivity index (χ2v) is 5.75. The van der Waals surface area contributed by atoms with Crippen LogP contribution in [0.2, 0.25) is 5.02 Å². The van der Waals surface area contributed by atoms with Crippen LogP contribution in [-0.4, -0.2) is 12.5 Å². The van der Waals surface area contributed by atoms with Gasteiger partial charge in [-0.15, -0.1) is 0 Å². The number of benzene rings is 2. The van der Waals surface area contributed by atoms with Gasteiger partial charge in [0, 0.05) is 17.5 Å². The summed E-state index contributed by atoms with van der Waals surface area (Å²) < 4.78 is 24.0. The Labute approximate surface area is 147 Å². The predicted octanol–water partition coefficient (Wildman–Crippen LogP) is 3.91. The lowest BCUT2D eigenvalue weighted by molar-refractivity contribution is -0.118. The average Bonchev–Trinajstić information content (AvgIpc) is 2.56. The molecule has 0 aliphatic heterocycles. The number of amides is 1. The number of carbonyl (C=O) groups excluding carboxylic acids is 1. The van der Waals surface area contributed by atoms with Gasteiger partial charge in [-0.2, -0.15) is 0 Å². The topological polar surface area (TPSA) is 68.5 Å². The molecule has 0 aliphatic rings. The van der Waals surface area contributed by atoms with Crippen molar-refractivity contribution in [2.75, 3.05) is 11.9 Å². The van der Waals surface area contributed by atoms with Gasteiger partial charge in [0.05, 0.1) is 10.7 Å². The molecule has 7 heteroatoms. The van der Waals surface area contributed by atoms with E-state index in [9.17, 15) is 14.0 Å². The van der Waals surface area contributed by atoms with Crippen LogP contribution in [0.1, 0.15) is 5.56 Å². The number of para-hydroxylation sites is 1. The van der Waals surface area contributed by atoms with E-state index in [2.05, 4.69) is 5.32 Å². The summed E-state index contributed by atoms with van der Waals surface area (Å²) in [6, 6.07) is 10.2. The monoisotopic (exact) mass is 361 g/mol. The van der Waals surface area contributed by atoms with Crippen LogP contribution >= 0.6 is 11.6 Å². The molecule has 3 aromatic rings. The van der Waals surface area contributed by atoms with E-state index in [4.69, 9.17) is 20.8 Å². The molecule has 128 valence electrons. The summed E-state index contributed by atoms with van der Waals surface area (Å²) in [6.07, 6.45) is 0. The number of anilines is 1. The minimum Gasteiger partial charge on any atom is -0.482 e. The number of fused-ring (bicyclic) bond motifs is 1. The van der Waals surface area contributed by atoms with Crippen LogP contribution in [0.3, 0.4) is 0 Å². The largest absolute Gasteiger partial charge is 0.482 e. The summed E-state index contributed by atoms with van der Waals surface area (Å²) in [7, 11) is 0. The van der Waals surface area contributed by atoms with E-state index in [0.717, 1.165) is 5.56 Å². The van der Waals surface area contributed by atoms with Crippen LogP contribution in [0.4, 0.5) is 10.1 Å². The first-order valence-corrected chi connectivity index (χ1v) is 7.73. The zero-order valence-electron chi connectivity index (χ0n) is 13.1. The molecule has 0 saturated heterocycles. The van der Waals surface area contributed by atoms with Crippen molar-refractivity contribution in [3.63, 3.8) is 0 Å². The molecule has 0 atom stereocenters. The van der Waals surface area contributed by atoms with Crippen molar-refractivity contribution in [1.29, 1.82) is 0 Å². The summed E-state index contributed by atoms with van der Waals surface area (Å²) in [5.74, 6) is -0.907. The number of hydrogen-bond acceptors (Lipinski definition) is 4. The van der Waals surface area contributed by atoms with Gasteiger partial charge in [0.2, 0.25) is 0 Å². The molecule has 3 rings (SSSR count). The summed E-state index contributed by atoms with van der Waals surface area (Å²) in [5, 5.41) is 3.34. The first-order valence-electron chi connectivity index (χ1n) is 7.35. The van der Waals surface area contributed by atoms with Crippen molar-refractivity contribution in [2.45, 2.75) is 6.92 Å². The third-order valence-electron chi connectivity index (χ3n) is 3.51. The van der Waals surface area contributed by atoms with Gasteiger partial charge in [-0.1, -0.05) is 23.7 Å². The smallest absolute Gasteiger partial charge is 0.336 e. The van der Waals surface area contributed by atoms with E-state index in [1.807, 2.05) is 0 Å². The number of nitrogens with one attached hydrogen (secondary N) is 1. The van der Waals surface area contributed by atoms with E-state index in [1.165, 1.54) is 30.3 Å². The third-order valence-corrected chi connectivity index (χ3v) is 3.81. The van der Waals surface area contributed by atoms with Crippen LogP contribution in [0.15, 0.2) is 51.7 Å². The second-order valence-electron chi connectivity index (χ2n) is 5.34. The van der Waals surface area contributed by atoms with Gasteiger partial charge >= 0.3 is 5.63 Å². The first-order chi connectivity index (χ1) is 11.9. The lowest BCUT2D eigenvalue weighted by Crippen LogP contribution is -2.20. The Morgan fingerprint density at radius 2 is 2.04 bits per heavy atom. The number of carbonyl (C=O) groups is 1. The highest BCUT2D eigenvalue weighted by atomic mass is 35.5. The number of halogens is 2. The van der Waals surface area contributed by atoms with Gasteiger partial charge in [-0.25, -0.2) is 9.18 Å². The Morgan fingerprint density at radius 3 is 2.80 bits per heavy atom. The second kappa shape index (κ2) is 6.94. The van der Waals surface area contributed by atoms with Crippen LogP contribution in [0, 0.1) is 12.7 Å². The Bertz CT molecular complexity index is 1020. The van der Waals surface area contributed by atoms with Gasteiger partial charge in [-0.3, -0.25) is 4.79 Å². The Balaban J connectivity index is 1.77. The number of ether oxygens (including phenoxy) is 1. The van der Waals surface area contributed by atoms with Gasteiger partial charge in [-0.05, 0) is 30.7 Å². The maximum Gasteiger partial charge on any atom is 0.336 e. The standard InChI is InChI=1S/C18H13ClFNO4/c1-10-6-18(23)25-15-8-16(12(19)7-11(10)15)24-9-17(22)21-14-5-3-2-4-13(14)20/h2-8H,9H2,1H3,(H,21,22). The molecular formula is C18H13ClFNO4. The van der Waals surface area contributed by atoms with Crippen molar-refractivity contribution in [3.05, 3.63) is 69.3 Å². The maximum absolute atomic E-state index is 13.5. The lowest BCUT2D eigenvalue weighted by Gasteiger charge is -2.10. The molecule has 1 N–H and O–H groups in total. The quantitative estimate of drug-likeness (QED) is 0.715. The minimum absolute atomic E-state index is 0.0577. The van der Waals surface area contributed by atoms with E-state index < -0.39 is 17.3 Å². The molecule has 1 heterocycles. The number of aryl methyl sites for hydroxylation is 1. The summed E-state index contributed by atoms with van der Waals surface area (Å²) in [5.41, 5.74) is 0.591. The molecule has 0 radical (unpaired) electrons. The van der Waals surface area contributed by atoms with E-state index in [-0.39, 0.29) is 23.1 Å². The van der Waals surface area contributed by atoms with Crippen molar-refractivity contribution >= 4 is 34.2 Å². The third kappa shape index (κ3) is 3.80. The zero-order chi connectivity index (χ0) is 18.0. The number of hydrogen-bond donors (Lipinski definition) is 1. The van der Waals surface area contributed by atoms with Gasteiger partial charge < -0.3 is 14.5 Å². The van der Waals surface area contributed by atoms with E-state index in [0.29, 0.717) is 11.0 Å². The lowest BCUT2D eigenvalue weighted by atomic mass is 10.1. The van der Waals surface area contributed by atoms with Gasteiger partial charge in [0.15, 0.2) is 6.61 Å². The van der Waals surface area contributed by atoms with E-state index in [1.54, 1.807) is 19.1 Å². The van der Waals surface area contributed by atoms with Gasteiger partial charge in [0.1, 0.15) is 17.1 Å². The molecule has 0 saturated carbocycles. The molecule has 25 heavy (non-hydrogen) atoms. The zero-order valence-corrected chi connectivity index (χ0v) is 13.9. The van der Waals surface area contributed by atoms with Crippen molar-refractivity contribution < 1.29 is 18.3 Å². The molecule has 5 nitrogen and oxygen atoms in total. The van der Waals surface area contributed by atoms with Crippen LogP contribution < -0.4 is 15.7 Å². The number of rotatable bonds is 4. The molecule has 0 aliphatic carbocycles. The fourth-order valence-electron chi connectivity index (χ4n) is 2.32. The van der Waals surface area contributed by atoms with Crippen molar-refractivity contribution in [2.24, 2.45) is 0 Å². The van der Waals surface area contributed by atoms with Gasteiger partial charge in [0.25, 0.3) is 5.91 Å². The van der Waals surface area contributed by atoms with Crippen molar-refractivity contribution in [3.8, 4) is 5.75 Å². The highest BCUT2D eigenvalue weighted by Gasteiger charge is 2.12. The Hall–Kier alpha value is -2.86. The highest BCUT2D eigenvalue weighted by Crippen LogP contribution is 2.31. The fourth-order valence-corrected chi connectivity index (χ4v) is 2.54. The minimum atomic E-state index is -0.549. The molecule has 2 aromatic carbocycles. The normalized spacial score (nSPS) is 10.7.